The highest BCUT2D eigenvalue weighted by atomic mass is 16.2. The molecule has 0 spiro atoms. The molecule has 118 valence electrons. The number of carbonyl (C=O) groups excluding carboxylic acids is 2. The Labute approximate surface area is 136 Å². The molecule has 2 aromatic carbocycles. The van der Waals surface area contributed by atoms with E-state index in [0.29, 0.717) is 0 Å². The van der Waals surface area contributed by atoms with E-state index >= 15 is 0 Å². The van der Waals surface area contributed by atoms with Crippen LogP contribution in [0.15, 0.2) is 60.7 Å². The molecule has 0 saturated carbocycles. The lowest BCUT2D eigenvalue weighted by Crippen LogP contribution is -2.41. The minimum atomic E-state index is -0.438. The molecule has 2 aromatic rings. The van der Waals surface area contributed by atoms with Gasteiger partial charge in [0.25, 0.3) is 0 Å². The Hall–Kier alpha value is -2.62. The monoisotopic (exact) mass is 308 g/mol. The van der Waals surface area contributed by atoms with Gasteiger partial charge in [-0.1, -0.05) is 60.7 Å². The van der Waals surface area contributed by atoms with Crippen LogP contribution in [0.2, 0.25) is 0 Å². The van der Waals surface area contributed by atoms with Crippen LogP contribution in [0.25, 0.3) is 0 Å². The summed E-state index contributed by atoms with van der Waals surface area (Å²) < 4.78 is 0. The van der Waals surface area contributed by atoms with Crippen LogP contribution in [0.4, 0.5) is 0 Å². The van der Waals surface area contributed by atoms with Crippen LogP contribution in [-0.2, 0) is 16.0 Å². The topological polar surface area (TPSA) is 40.6 Å². The Balaban J connectivity index is 1.99. The summed E-state index contributed by atoms with van der Waals surface area (Å²) in [7, 11) is 3.41. The maximum Gasteiger partial charge on any atom is 0.313 e. The van der Waals surface area contributed by atoms with Crippen molar-refractivity contribution in [3.05, 3.63) is 71.8 Å². The van der Waals surface area contributed by atoms with Crippen molar-refractivity contribution in [1.82, 2.24) is 9.80 Å². The van der Waals surface area contributed by atoms with E-state index in [1.165, 1.54) is 5.56 Å². The Morgan fingerprint density at radius 1 is 0.826 bits per heavy atom. The van der Waals surface area contributed by atoms with Crippen molar-refractivity contribution < 1.29 is 9.59 Å². The van der Waals surface area contributed by atoms with E-state index in [1.54, 1.807) is 23.9 Å². The fourth-order valence-electron chi connectivity index (χ4n) is 3.31. The molecule has 1 unspecified atom stereocenters. The number of carbonyl (C=O) groups is 2. The summed E-state index contributed by atoms with van der Waals surface area (Å²) in [6, 6.07) is 20.2. The van der Waals surface area contributed by atoms with E-state index in [2.05, 4.69) is 24.3 Å². The second-order valence-corrected chi connectivity index (χ2v) is 5.95. The minimum absolute atomic E-state index is 0.0315. The van der Waals surface area contributed by atoms with Crippen molar-refractivity contribution in [2.45, 2.75) is 18.5 Å². The SMILES string of the molecule is CN1C(=O)C(=O)N(C)C1C(Cc1ccccc1)c1ccccc1. The average Bonchev–Trinajstić information content (AvgIpc) is 2.78. The summed E-state index contributed by atoms with van der Waals surface area (Å²) in [5.41, 5.74) is 2.32. The first-order valence-corrected chi connectivity index (χ1v) is 7.72. The van der Waals surface area contributed by atoms with Gasteiger partial charge in [0.2, 0.25) is 0 Å². The molecule has 3 rings (SSSR count). The van der Waals surface area contributed by atoms with Gasteiger partial charge in [-0.15, -0.1) is 0 Å². The molecule has 1 atom stereocenters. The molecule has 2 amide bonds. The van der Waals surface area contributed by atoms with E-state index in [0.717, 1.165) is 12.0 Å². The fourth-order valence-corrected chi connectivity index (χ4v) is 3.31. The molecule has 0 radical (unpaired) electrons. The predicted octanol–water partition coefficient (Wildman–Crippen LogP) is 2.27. The zero-order valence-electron chi connectivity index (χ0n) is 13.3. The molecule has 1 heterocycles. The summed E-state index contributed by atoms with van der Waals surface area (Å²) >= 11 is 0. The highest BCUT2D eigenvalue weighted by Gasteiger charge is 2.44. The van der Waals surface area contributed by atoms with Crippen LogP contribution in [0.1, 0.15) is 17.0 Å². The predicted molar refractivity (Wildman–Crippen MR) is 88.7 cm³/mol. The zero-order chi connectivity index (χ0) is 16.4. The molecule has 23 heavy (non-hydrogen) atoms. The molecule has 1 fully saturated rings. The van der Waals surface area contributed by atoms with Gasteiger partial charge in [-0.05, 0) is 17.5 Å². The molecule has 4 heteroatoms. The van der Waals surface area contributed by atoms with Crippen LogP contribution in [0.5, 0.6) is 0 Å². The molecule has 0 aliphatic carbocycles. The van der Waals surface area contributed by atoms with Gasteiger partial charge in [-0.2, -0.15) is 0 Å². The first-order chi connectivity index (χ1) is 11.1. The van der Waals surface area contributed by atoms with Crippen molar-refractivity contribution in [3.8, 4) is 0 Å². The molecule has 1 aliphatic heterocycles. The number of hydrogen-bond donors (Lipinski definition) is 0. The summed E-state index contributed by atoms with van der Waals surface area (Å²) in [6.45, 7) is 0. The third-order valence-corrected chi connectivity index (χ3v) is 4.50. The number of amides is 2. The van der Waals surface area contributed by atoms with Gasteiger partial charge >= 0.3 is 11.8 Å². The van der Waals surface area contributed by atoms with Gasteiger partial charge in [0.15, 0.2) is 0 Å². The van der Waals surface area contributed by atoms with E-state index < -0.39 is 11.8 Å². The first kappa shape index (κ1) is 15.3. The van der Waals surface area contributed by atoms with Gasteiger partial charge < -0.3 is 9.80 Å². The fraction of sp³-hybridized carbons (Fsp3) is 0.263. The van der Waals surface area contributed by atoms with Crippen LogP contribution < -0.4 is 0 Å². The molecule has 4 nitrogen and oxygen atoms in total. The third kappa shape index (κ3) is 2.84. The largest absolute Gasteiger partial charge is 0.316 e. The molecule has 0 N–H and O–H groups in total. The van der Waals surface area contributed by atoms with Crippen molar-refractivity contribution in [2.75, 3.05) is 14.1 Å². The van der Waals surface area contributed by atoms with E-state index in [1.807, 2.05) is 36.4 Å². The Kier molecular flexibility index (Phi) is 4.15. The number of nitrogens with zero attached hydrogens (tertiary/aromatic N) is 2. The summed E-state index contributed by atoms with van der Waals surface area (Å²) in [6.07, 6.45) is 0.503. The normalized spacial score (nSPS) is 17.0. The molecular formula is C19H20N2O2. The molecule has 1 saturated heterocycles. The van der Waals surface area contributed by atoms with Gasteiger partial charge in [-0.25, -0.2) is 0 Å². The Morgan fingerprint density at radius 3 is 1.83 bits per heavy atom. The highest BCUT2D eigenvalue weighted by molar-refractivity contribution is 6.36. The van der Waals surface area contributed by atoms with Gasteiger partial charge in [0.1, 0.15) is 6.17 Å². The van der Waals surface area contributed by atoms with Gasteiger partial charge in [0, 0.05) is 20.0 Å². The molecule has 0 bridgehead atoms. The van der Waals surface area contributed by atoms with Crippen LogP contribution in [-0.4, -0.2) is 41.9 Å². The lowest BCUT2D eigenvalue weighted by molar-refractivity contribution is -0.142. The maximum atomic E-state index is 12.0. The quantitative estimate of drug-likeness (QED) is 0.813. The molecule has 0 aromatic heterocycles. The van der Waals surface area contributed by atoms with Crippen LogP contribution in [0.3, 0.4) is 0 Å². The molecular weight excluding hydrogens is 288 g/mol. The van der Waals surface area contributed by atoms with Gasteiger partial charge in [0.05, 0.1) is 0 Å². The van der Waals surface area contributed by atoms with Crippen molar-refractivity contribution in [3.63, 3.8) is 0 Å². The van der Waals surface area contributed by atoms with E-state index in [4.69, 9.17) is 0 Å². The van der Waals surface area contributed by atoms with Crippen molar-refractivity contribution in [1.29, 1.82) is 0 Å². The van der Waals surface area contributed by atoms with E-state index in [9.17, 15) is 9.59 Å². The highest BCUT2D eigenvalue weighted by Crippen LogP contribution is 2.32. The average molecular weight is 308 g/mol. The zero-order valence-corrected chi connectivity index (χ0v) is 13.3. The Morgan fingerprint density at radius 2 is 1.30 bits per heavy atom. The van der Waals surface area contributed by atoms with Gasteiger partial charge in [-0.3, -0.25) is 9.59 Å². The summed E-state index contributed by atoms with van der Waals surface area (Å²) in [4.78, 5) is 27.2. The number of likely N-dealkylation sites (N-methyl/N-ethyl adjacent to an activating group) is 2. The number of benzene rings is 2. The standard InChI is InChI=1S/C19H20N2O2/c1-20-17(21(2)19(23)18(20)22)16(15-11-7-4-8-12-15)13-14-9-5-3-6-10-14/h3-12,16-17H,13H2,1-2H3. The lowest BCUT2D eigenvalue weighted by atomic mass is 9.88. The smallest absolute Gasteiger partial charge is 0.313 e. The third-order valence-electron chi connectivity index (χ3n) is 4.50. The van der Waals surface area contributed by atoms with E-state index in [-0.39, 0.29) is 12.1 Å². The second-order valence-electron chi connectivity index (χ2n) is 5.95. The first-order valence-electron chi connectivity index (χ1n) is 7.72. The molecule has 1 aliphatic rings. The van der Waals surface area contributed by atoms with Crippen LogP contribution >= 0.6 is 0 Å². The maximum absolute atomic E-state index is 12.0. The second kappa shape index (κ2) is 6.24. The Bertz CT molecular complexity index is 680. The van der Waals surface area contributed by atoms with Crippen LogP contribution in [0, 0.1) is 0 Å². The van der Waals surface area contributed by atoms with Crippen molar-refractivity contribution in [2.24, 2.45) is 0 Å². The number of hydrogen-bond acceptors (Lipinski definition) is 2. The minimum Gasteiger partial charge on any atom is -0.316 e. The number of rotatable bonds is 4. The van der Waals surface area contributed by atoms with Crippen molar-refractivity contribution >= 4 is 11.8 Å². The lowest BCUT2D eigenvalue weighted by Gasteiger charge is -2.33. The summed E-state index contributed by atoms with van der Waals surface area (Å²) in [5.74, 6) is -0.845. The summed E-state index contributed by atoms with van der Waals surface area (Å²) in [5, 5.41) is 0.